The monoisotopic (exact) mass is 377 g/mol. The van der Waals surface area contributed by atoms with Crippen molar-refractivity contribution >= 4 is 17.1 Å². The summed E-state index contributed by atoms with van der Waals surface area (Å²) in [4.78, 5) is 19.1. The number of nitrogens with one attached hydrogen (secondary N) is 1. The summed E-state index contributed by atoms with van der Waals surface area (Å²) >= 11 is 0. The highest BCUT2D eigenvalue weighted by Crippen LogP contribution is 2.29. The molecule has 5 nitrogen and oxygen atoms in total. The molecule has 1 aliphatic rings. The Balaban J connectivity index is 1.25. The van der Waals surface area contributed by atoms with E-state index in [9.17, 15) is 4.79 Å². The van der Waals surface area contributed by atoms with Gasteiger partial charge in [0, 0.05) is 25.0 Å². The van der Waals surface area contributed by atoms with Crippen LogP contribution in [0.5, 0.6) is 0 Å². The molecule has 1 aromatic heterocycles. The second kappa shape index (κ2) is 8.46. The molecule has 1 atom stereocenters. The molecule has 5 heteroatoms. The van der Waals surface area contributed by atoms with Crippen molar-refractivity contribution in [2.24, 2.45) is 0 Å². The molecule has 2 heterocycles. The number of carbonyl (C=O) groups is 1. The first-order valence-electron chi connectivity index (χ1n) is 10.1. The molecule has 28 heavy (non-hydrogen) atoms. The molecule has 0 radical (unpaired) electrons. The maximum Gasteiger partial charge on any atom is 0.317 e. The first kappa shape index (κ1) is 18.5. The molecule has 2 amide bonds. The Bertz CT molecular complexity index is 881. The van der Waals surface area contributed by atoms with Crippen LogP contribution in [0.1, 0.15) is 43.6 Å². The lowest BCUT2D eigenvalue weighted by Crippen LogP contribution is -2.47. The number of hydrogen-bond donors (Lipinski definition) is 1. The third kappa shape index (κ3) is 4.35. The molecule has 0 aliphatic carbocycles. The Morgan fingerprint density at radius 3 is 2.61 bits per heavy atom. The van der Waals surface area contributed by atoms with Gasteiger partial charge in [-0.05, 0) is 50.3 Å². The summed E-state index contributed by atoms with van der Waals surface area (Å²) in [7, 11) is 0. The molecule has 0 spiro atoms. The number of amides is 2. The van der Waals surface area contributed by atoms with E-state index < -0.39 is 0 Å². The van der Waals surface area contributed by atoms with E-state index in [4.69, 9.17) is 4.42 Å². The third-order valence-corrected chi connectivity index (χ3v) is 5.52. The van der Waals surface area contributed by atoms with Gasteiger partial charge in [0.1, 0.15) is 5.52 Å². The Morgan fingerprint density at radius 2 is 1.86 bits per heavy atom. The summed E-state index contributed by atoms with van der Waals surface area (Å²) in [6.45, 7) is 3.55. The van der Waals surface area contributed by atoms with Gasteiger partial charge in [0.15, 0.2) is 11.5 Å². The predicted octanol–water partition coefficient (Wildman–Crippen LogP) is 4.74. The van der Waals surface area contributed by atoms with Crippen LogP contribution in [0.4, 0.5) is 4.79 Å². The average Bonchev–Trinajstić information content (AvgIpc) is 3.17. The van der Waals surface area contributed by atoms with Crippen LogP contribution in [-0.4, -0.2) is 35.0 Å². The highest BCUT2D eigenvalue weighted by Gasteiger charge is 2.27. The number of nitrogens with zero attached hydrogens (tertiary/aromatic N) is 2. The van der Waals surface area contributed by atoms with Crippen molar-refractivity contribution in [2.45, 2.75) is 44.6 Å². The zero-order valence-electron chi connectivity index (χ0n) is 16.3. The summed E-state index contributed by atoms with van der Waals surface area (Å²) in [5.41, 5.74) is 3.05. The Hall–Kier alpha value is -2.82. The van der Waals surface area contributed by atoms with Crippen LogP contribution in [-0.2, 0) is 6.42 Å². The van der Waals surface area contributed by atoms with Gasteiger partial charge >= 0.3 is 6.03 Å². The van der Waals surface area contributed by atoms with Crippen molar-refractivity contribution in [1.82, 2.24) is 15.2 Å². The third-order valence-electron chi connectivity index (χ3n) is 5.52. The second-order valence-electron chi connectivity index (χ2n) is 7.66. The molecule has 1 unspecified atom stereocenters. The largest absolute Gasteiger partial charge is 0.440 e. The number of aryl methyl sites for hydroxylation is 1. The van der Waals surface area contributed by atoms with E-state index in [1.807, 2.05) is 35.2 Å². The van der Waals surface area contributed by atoms with Gasteiger partial charge < -0.3 is 14.6 Å². The van der Waals surface area contributed by atoms with E-state index in [-0.39, 0.29) is 18.0 Å². The quantitative estimate of drug-likeness (QED) is 0.699. The molecule has 1 fully saturated rings. The van der Waals surface area contributed by atoms with Crippen LogP contribution in [0.2, 0.25) is 0 Å². The van der Waals surface area contributed by atoms with Crippen LogP contribution < -0.4 is 5.32 Å². The van der Waals surface area contributed by atoms with Crippen molar-refractivity contribution in [3.05, 3.63) is 66.1 Å². The standard InChI is InChI=1S/C23H27N3O2/c1-17(11-12-18-7-3-2-4-8-18)24-23(27)26-15-13-19(14-16-26)22-25-20-9-5-6-10-21(20)28-22/h2-10,17,19H,11-16H2,1H3,(H,24,27). The minimum Gasteiger partial charge on any atom is -0.440 e. The minimum absolute atomic E-state index is 0.0385. The fraction of sp³-hybridized carbons (Fsp3) is 0.391. The Labute approximate surface area is 165 Å². The maximum atomic E-state index is 12.6. The zero-order valence-corrected chi connectivity index (χ0v) is 16.3. The zero-order chi connectivity index (χ0) is 19.3. The number of fused-ring (bicyclic) bond motifs is 1. The van der Waals surface area contributed by atoms with Gasteiger partial charge in [-0.1, -0.05) is 42.5 Å². The van der Waals surface area contributed by atoms with Crippen molar-refractivity contribution in [1.29, 1.82) is 0 Å². The first-order chi connectivity index (χ1) is 13.7. The van der Waals surface area contributed by atoms with Gasteiger partial charge in [-0.15, -0.1) is 0 Å². The van der Waals surface area contributed by atoms with Gasteiger partial charge in [-0.25, -0.2) is 9.78 Å². The van der Waals surface area contributed by atoms with Gasteiger partial charge in [-0.2, -0.15) is 0 Å². The molecule has 0 bridgehead atoms. The van der Waals surface area contributed by atoms with Crippen LogP contribution in [0.15, 0.2) is 59.0 Å². The van der Waals surface area contributed by atoms with E-state index in [0.717, 1.165) is 55.8 Å². The second-order valence-corrected chi connectivity index (χ2v) is 7.66. The number of rotatable bonds is 5. The summed E-state index contributed by atoms with van der Waals surface area (Å²) < 4.78 is 5.91. The summed E-state index contributed by atoms with van der Waals surface area (Å²) in [5.74, 6) is 1.09. The summed E-state index contributed by atoms with van der Waals surface area (Å²) in [6, 6.07) is 18.4. The molecule has 3 aromatic rings. The van der Waals surface area contributed by atoms with E-state index in [1.54, 1.807) is 0 Å². The lowest BCUT2D eigenvalue weighted by atomic mass is 9.97. The number of aromatic nitrogens is 1. The smallest absolute Gasteiger partial charge is 0.317 e. The fourth-order valence-electron chi connectivity index (χ4n) is 3.80. The van der Waals surface area contributed by atoms with Crippen LogP contribution in [0.25, 0.3) is 11.1 Å². The Morgan fingerprint density at radius 1 is 1.14 bits per heavy atom. The average molecular weight is 377 g/mol. The number of likely N-dealkylation sites (tertiary alicyclic amines) is 1. The van der Waals surface area contributed by atoms with Gasteiger partial charge in [0.2, 0.25) is 0 Å². The van der Waals surface area contributed by atoms with E-state index >= 15 is 0 Å². The molecule has 1 aliphatic heterocycles. The molecule has 2 aromatic carbocycles. The van der Waals surface area contributed by atoms with Gasteiger partial charge in [-0.3, -0.25) is 0 Å². The number of urea groups is 1. The van der Waals surface area contributed by atoms with E-state index in [0.29, 0.717) is 0 Å². The molecule has 146 valence electrons. The summed E-state index contributed by atoms with van der Waals surface area (Å²) in [6.07, 6.45) is 3.69. The molecule has 1 N–H and O–H groups in total. The topological polar surface area (TPSA) is 58.4 Å². The van der Waals surface area contributed by atoms with E-state index in [2.05, 4.69) is 41.5 Å². The van der Waals surface area contributed by atoms with Crippen LogP contribution in [0, 0.1) is 0 Å². The number of carbonyl (C=O) groups excluding carboxylic acids is 1. The Kier molecular flexibility index (Phi) is 5.60. The highest BCUT2D eigenvalue weighted by molar-refractivity contribution is 5.74. The number of hydrogen-bond acceptors (Lipinski definition) is 3. The number of benzene rings is 2. The van der Waals surface area contributed by atoms with Crippen molar-refractivity contribution in [2.75, 3.05) is 13.1 Å². The SMILES string of the molecule is CC(CCc1ccccc1)NC(=O)N1CCC(c2nc3ccccc3o2)CC1. The number of piperidine rings is 1. The fourth-order valence-corrected chi connectivity index (χ4v) is 3.80. The molecular weight excluding hydrogens is 350 g/mol. The lowest BCUT2D eigenvalue weighted by Gasteiger charge is -2.31. The van der Waals surface area contributed by atoms with Crippen molar-refractivity contribution in [3.8, 4) is 0 Å². The highest BCUT2D eigenvalue weighted by atomic mass is 16.3. The summed E-state index contributed by atoms with van der Waals surface area (Å²) in [5, 5.41) is 3.14. The predicted molar refractivity (Wildman–Crippen MR) is 110 cm³/mol. The minimum atomic E-state index is 0.0385. The molecule has 4 rings (SSSR count). The molecular formula is C23H27N3O2. The van der Waals surface area contributed by atoms with E-state index in [1.165, 1.54) is 5.56 Å². The van der Waals surface area contributed by atoms with Gasteiger partial charge in [0.05, 0.1) is 0 Å². The lowest BCUT2D eigenvalue weighted by molar-refractivity contribution is 0.174. The molecule has 1 saturated heterocycles. The first-order valence-corrected chi connectivity index (χ1v) is 10.1. The maximum absolute atomic E-state index is 12.6. The normalized spacial score (nSPS) is 16.2. The van der Waals surface area contributed by atoms with Crippen LogP contribution in [0.3, 0.4) is 0 Å². The number of para-hydroxylation sites is 2. The van der Waals surface area contributed by atoms with Gasteiger partial charge in [0.25, 0.3) is 0 Å². The molecule has 0 saturated carbocycles. The van der Waals surface area contributed by atoms with Crippen molar-refractivity contribution < 1.29 is 9.21 Å². The van der Waals surface area contributed by atoms with Crippen LogP contribution >= 0.6 is 0 Å². The number of oxazole rings is 1. The van der Waals surface area contributed by atoms with Crippen molar-refractivity contribution in [3.63, 3.8) is 0 Å².